The molecule has 0 radical (unpaired) electrons. The summed E-state index contributed by atoms with van der Waals surface area (Å²) in [7, 11) is 0. The average molecular weight is 427 g/mol. The van der Waals surface area contributed by atoms with E-state index in [0.29, 0.717) is 32.7 Å². The van der Waals surface area contributed by atoms with E-state index in [4.69, 9.17) is 18.9 Å². The molecular weight excluding hydrogens is 387 g/mol. The summed E-state index contributed by atoms with van der Waals surface area (Å²) in [6, 6.07) is 0. The molecule has 3 rings (SSSR count). The molecule has 0 aromatic heterocycles. The lowest BCUT2D eigenvalue weighted by atomic mass is 9.86. The van der Waals surface area contributed by atoms with Crippen molar-refractivity contribution in [2.45, 2.75) is 102 Å². The molecule has 6 heteroatoms. The molecule has 0 aromatic rings. The second-order valence-corrected chi connectivity index (χ2v) is 9.18. The van der Waals surface area contributed by atoms with Gasteiger partial charge in [0.05, 0.1) is 13.2 Å². The number of hydrogen-bond donors (Lipinski definition) is 0. The third kappa shape index (κ3) is 5.90. The number of rotatable bonds is 11. The third-order valence-electron chi connectivity index (χ3n) is 6.86. The molecule has 2 saturated heterocycles. The first-order valence-corrected chi connectivity index (χ1v) is 11.9. The largest absolute Gasteiger partial charge is 0.353 e. The van der Waals surface area contributed by atoms with Crippen molar-refractivity contribution in [1.29, 1.82) is 0 Å². The molecule has 5 atom stereocenters. The molecule has 0 bridgehead atoms. The lowest BCUT2D eigenvalue weighted by molar-refractivity contribution is -0.202. The molecule has 172 valence electrons. The molecule has 5 unspecified atom stereocenters. The highest BCUT2D eigenvalue weighted by Gasteiger charge is 2.51. The van der Waals surface area contributed by atoms with Crippen molar-refractivity contribution in [3.8, 4) is 0 Å². The zero-order valence-electron chi connectivity index (χ0n) is 18.7. The molecule has 1 aliphatic carbocycles. The van der Waals surface area contributed by atoms with E-state index in [9.17, 15) is 4.79 Å². The van der Waals surface area contributed by atoms with Gasteiger partial charge in [0, 0.05) is 25.4 Å². The van der Waals surface area contributed by atoms with Crippen LogP contribution in [0.15, 0.2) is 12.2 Å². The normalized spacial score (nSPS) is 31.9. The number of aldehydes is 1. The summed E-state index contributed by atoms with van der Waals surface area (Å²) in [5.41, 5.74) is -1.46. The number of allylic oxidation sites excluding steroid dienone is 1. The molecule has 1 spiro atoms. The highest BCUT2D eigenvalue weighted by atomic mass is 19.1. The van der Waals surface area contributed by atoms with Gasteiger partial charge in [0.15, 0.2) is 12.1 Å². The zero-order chi connectivity index (χ0) is 21.5. The summed E-state index contributed by atoms with van der Waals surface area (Å²) in [5.74, 6) is -0.292. The molecular formula is C24H39FO5. The van der Waals surface area contributed by atoms with Crippen LogP contribution in [0.3, 0.4) is 0 Å². The fraction of sp³-hybridized carbons (Fsp3) is 0.875. The topological polar surface area (TPSA) is 54.0 Å². The Morgan fingerprint density at radius 1 is 1.23 bits per heavy atom. The summed E-state index contributed by atoms with van der Waals surface area (Å²) in [6.07, 6.45) is 12.0. The highest BCUT2D eigenvalue weighted by Crippen LogP contribution is 2.48. The van der Waals surface area contributed by atoms with Crippen LogP contribution in [0.25, 0.3) is 0 Å². The average Bonchev–Trinajstić information content (AvgIpc) is 3.36. The quantitative estimate of drug-likeness (QED) is 0.339. The molecule has 2 aliphatic heterocycles. The maximum Gasteiger partial charge on any atom is 0.171 e. The van der Waals surface area contributed by atoms with Crippen LogP contribution in [0.4, 0.5) is 4.39 Å². The zero-order valence-corrected chi connectivity index (χ0v) is 18.7. The monoisotopic (exact) mass is 426 g/mol. The Balaban J connectivity index is 1.73. The number of carbonyl (C=O) groups excluding carboxylic acids is 1. The second-order valence-electron chi connectivity index (χ2n) is 9.18. The summed E-state index contributed by atoms with van der Waals surface area (Å²) in [6.45, 7) is 5.58. The molecule has 3 fully saturated rings. The molecule has 3 aliphatic rings. The van der Waals surface area contributed by atoms with Crippen molar-refractivity contribution >= 4 is 6.29 Å². The van der Waals surface area contributed by atoms with Gasteiger partial charge in [0.25, 0.3) is 0 Å². The van der Waals surface area contributed by atoms with Gasteiger partial charge in [-0.1, -0.05) is 31.9 Å². The Hall–Kier alpha value is -0.820. The van der Waals surface area contributed by atoms with E-state index in [-0.39, 0.29) is 18.1 Å². The van der Waals surface area contributed by atoms with Gasteiger partial charge in [0.2, 0.25) is 0 Å². The summed E-state index contributed by atoms with van der Waals surface area (Å²) in [5, 5.41) is 0. The maximum atomic E-state index is 15.6. The number of halogens is 1. The van der Waals surface area contributed by atoms with Crippen molar-refractivity contribution in [3.05, 3.63) is 12.2 Å². The van der Waals surface area contributed by atoms with Crippen LogP contribution >= 0.6 is 0 Å². The lowest BCUT2D eigenvalue weighted by Crippen LogP contribution is -2.40. The predicted molar refractivity (Wildman–Crippen MR) is 113 cm³/mol. The number of hydrogen-bond acceptors (Lipinski definition) is 5. The van der Waals surface area contributed by atoms with Crippen molar-refractivity contribution in [1.82, 2.24) is 0 Å². The summed E-state index contributed by atoms with van der Waals surface area (Å²) < 4.78 is 39.5. The Morgan fingerprint density at radius 2 is 2.03 bits per heavy atom. The molecule has 0 aromatic carbocycles. The van der Waals surface area contributed by atoms with Gasteiger partial charge in [-0.15, -0.1) is 0 Å². The molecule has 30 heavy (non-hydrogen) atoms. The van der Waals surface area contributed by atoms with E-state index in [0.717, 1.165) is 57.7 Å². The Bertz CT molecular complexity index is 552. The van der Waals surface area contributed by atoms with Gasteiger partial charge in [-0.3, -0.25) is 0 Å². The van der Waals surface area contributed by atoms with Crippen molar-refractivity contribution in [2.75, 3.05) is 19.8 Å². The number of carbonyl (C=O) groups is 1. The minimum Gasteiger partial charge on any atom is -0.353 e. The highest BCUT2D eigenvalue weighted by molar-refractivity contribution is 5.49. The van der Waals surface area contributed by atoms with E-state index in [1.165, 1.54) is 0 Å². The smallest absolute Gasteiger partial charge is 0.171 e. The minimum absolute atomic E-state index is 0.106. The summed E-state index contributed by atoms with van der Waals surface area (Å²) in [4.78, 5) is 11.0. The van der Waals surface area contributed by atoms with E-state index >= 15 is 4.39 Å². The Labute approximate surface area is 180 Å². The second kappa shape index (κ2) is 11.2. The first-order valence-electron chi connectivity index (χ1n) is 11.9. The van der Waals surface area contributed by atoms with Gasteiger partial charge in [-0.2, -0.15) is 0 Å². The van der Waals surface area contributed by atoms with E-state index in [1.807, 2.05) is 6.08 Å². The Morgan fingerprint density at radius 3 is 2.70 bits per heavy atom. The van der Waals surface area contributed by atoms with Crippen LogP contribution in [-0.4, -0.2) is 50.0 Å². The molecule has 0 N–H and O–H groups in total. The van der Waals surface area contributed by atoms with Crippen molar-refractivity contribution < 1.29 is 28.1 Å². The van der Waals surface area contributed by atoms with Gasteiger partial charge in [0.1, 0.15) is 18.1 Å². The van der Waals surface area contributed by atoms with Crippen LogP contribution in [0, 0.1) is 11.8 Å². The fourth-order valence-corrected chi connectivity index (χ4v) is 5.10. The minimum atomic E-state index is -1.46. The maximum absolute atomic E-state index is 15.6. The Kier molecular flexibility index (Phi) is 8.87. The van der Waals surface area contributed by atoms with Gasteiger partial charge in [-0.05, 0) is 51.4 Å². The SMILES string of the molecule is CCCCC(C)(F)C(/C=C/C1CCC2(OCCO2)C1CCC=O)OC1CCCCO1. The lowest BCUT2D eigenvalue weighted by Gasteiger charge is -2.34. The van der Waals surface area contributed by atoms with Crippen LogP contribution in [0.5, 0.6) is 0 Å². The fourth-order valence-electron chi connectivity index (χ4n) is 5.10. The number of alkyl halides is 1. The number of ether oxygens (including phenoxy) is 4. The molecule has 5 nitrogen and oxygen atoms in total. The van der Waals surface area contributed by atoms with Gasteiger partial charge in [-0.25, -0.2) is 4.39 Å². The van der Waals surface area contributed by atoms with Crippen molar-refractivity contribution in [3.63, 3.8) is 0 Å². The van der Waals surface area contributed by atoms with E-state index < -0.39 is 17.6 Å². The third-order valence-corrected chi connectivity index (χ3v) is 6.86. The van der Waals surface area contributed by atoms with Gasteiger partial charge >= 0.3 is 0 Å². The molecule has 2 heterocycles. The van der Waals surface area contributed by atoms with Crippen LogP contribution < -0.4 is 0 Å². The van der Waals surface area contributed by atoms with Gasteiger partial charge < -0.3 is 23.7 Å². The first-order chi connectivity index (χ1) is 14.5. The van der Waals surface area contributed by atoms with E-state index in [1.54, 1.807) is 6.92 Å². The molecule has 0 amide bonds. The van der Waals surface area contributed by atoms with Crippen LogP contribution in [0.2, 0.25) is 0 Å². The first kappa shape index (κ1) is 23.8. The number of unbranched alkanes of at least 4 members (excludes halogenated alkanes) is 1. The van der Waals surface area contributed by atoms with Crippen LogP contribution in [0.1, 0.15) is 78.1 Å². The van der Waals surface area contributed by atoms with Crippen LogP contribution in [-0.2, 0) is 23.7 Å². The van der Waals surface area contributed by atoms with Crippen molar-refractivity contribution in [2.24, 2.45) is 11.8 Å². The standard InChI is InChI=1S/C24H39FO5/c1-3-4-13-23(2,25)21(30-22-9-5-6-16-27-22)11-10-19-12-14-24(28-17-18-29-24)20(19)8-7-15-26/h10-11,15,19-22H,3-9,12-14,16-18H2,1-2H3/b11-10+. The summed E-state index contributed by atoms with van der Waals surface area (Å²) >= 11 is 0. The predicted octanol–water partition coefficient (Wildman–Crippen LogP) is 5.12. The molecule has 1 saturated carbocycles. The van der Waals surface area contributed by atoms with E-state index in [2.05, 4.69) is 13.0 Å².